The largest absolute Gasteiger partial charge is 0.490 e. The third-order valence-corrected chi connectivity index (χ3v) is 4.21. The van der Waals surface area contributed by atoms with Crippen molar-refractivity contribution >= 4 is 29.9 Å². The Kier molecular flexibility index (Phi) is 7.54. The standard InChI is InChI=1S/C18H25N5O.HI/c1-19-18(20-12-15-13-21-22(2)14-15)23-10-8-17(9-11-23)24-16-6-4-3-5-7-16;/h3-7,13-14,17H,8-12H2,1-2H3,(H,19,20);1H. The molecule has 0 unspecified atom stereocenters. The number of rotatable bonds is 4. The Morgan fingerprint density at radius 3 is 2.60 bits per heavy atom. The number of hydrogen-bond donors (Lipinski definition) is 1. The van der Waals surface area contributed by atoms with Crippen LogP contribution in [0.1, 0.15) is 18.4 Å². The van der Waals surface area contributed by atoms with E-state index in [9.17, 15) is 0 Å². The number of aryl methyl sites for hydroxylation is 1. The number of nitrogens with zero attached hydrogens (tertiary/aromatic N) is 4. The van der Waals surface area contributed by atoms with Gasteiger partial charge < -0.3 is 15.0 Å². The van der Waals surface area contributed by atoms with Crippen LogP contribution in [0.2, 0.25) is 0 Å². The molecule has 3 rings (SSSR count). The topological polar surface area (TPSA) is 54.7 Å². The summed E-state index contributed by atoms with van der Waals surface area (Å²) in [5.41, 5.74) is 1.15. The van der Waals surface area contributed by atoms with E-state index in [4.69, 9.17) is 4.74 Å². The molecule has 2 aromatic rings. The van der Waals surface area contributed by atoms with Crippen molar-refractivity contribution < 1.29 is 4.74 Å². The van der Waals surface area contributed by atoms with Crippen LogP contribution < -0.4 is 10.1 Å². The summed E-state index contributed by atoms with van der Waals surface area (Å²) in [6.45, 7) is 2.63. The Morgan fingerprint density at radius 2 is 2.00 bits per heavy atom. The van der Waals surface area contributed by atoms with E-state index >= 15 is 0 Å². The van der Waals surface area contributed by atoms with Crippen LogP contribution in [0.15, 0.2) is 47.7 Å². The Hall–Kier alpha value is -1.77. The van der Waals surface area contributed by atoms with Crippen molar-refractivity contribution in [2.45, 2.75) is 25.5 Å². The number of benzene rings is 1. The lowest BCUT2D eigenvalue weighted by molar-refractivity contribution is 0.129. The zero-order chi connectivity index (χ0) is 16.8. The molecule has 1 aromatic carbocycles. The molecule has 0 amide bonds. The summed E-state index contributed by atoms with van der Waals surface area (Å²) in [6.07, 6.45) is 6.17. The maximum absolute atomic E-state index is 6.05. The van der Waals surface area contributed by atoms with Gasteiger partial charge in [0.25, 0.3) is 0 Å². The molecule has 0 spiro atoms. The van der Waals surface area contributed by atoms with Crippen LogP contribution in [0, 0.1) is 0 Å². The first-order valence-electron chi connectivity index (χ1n) is 8.39. The highest BCUT2D eigenvalue weighted by atomic mass is 127. The number of nitrogens with one attached hydrogen (secondary N) is 1. The van der Waals surface area contributed by atoms with Crippen LogP contribution >= 0.6 is 24.0 Å². The Bertz CT molecular complexity index is 665. The molecule has 2 heterocycles. The van der Waals surface area contributed by atoms with Gasteiger partial charge in [-0.1, -0.05) is 18.2 Å². The number of likely N-dealkylation sites (tertiary alicyclic amines) is 1. The van der Waals surface area contributed by atoms with Crippen molar-refractivity contribution in [3.8, 4) is 5.75 Å². The highest BCUT2D eigenvalue weighted by Crippen LogP contribution is 2.18. The number of guanidine groups is 1. The molecule has 136 valence electrons. The summed E-state index contributed by atoms with van der Waals surface area (Å²) in [7, 11) is 3.76. The molecule has 7 heteroatoms. The lowest BCUT2D eigenvalue weighted by Crippen LogP contribution is -2.47. The molecule has 6 nitrogen and oxygen atoms in total. The fraction of sp³-hybridized carbons (Fsp3) is 0.444. The highest BCUT2D eigenvalue weighted by Gasteiger charge is 2.22. The van der Waals surface area contributed by atoms with E-state index in [0.29, 0.717) is 0 Å². The molecule has 0 aliphatic carbocycles. The monoisotopic (exact) mass is 455 g/mol. The molecule has 0 radical (unpaired) electrons. The molecular weight excluding hydrogens is 429 g/mol. The van der Waals surface area contributed by atoms with Crippen LogP contribution in [0.3, 0.4) is 0 Å². The maximum Gasteiger partial charge on any atom is 0.193 e. The molecule has 0 bridgehead atoms. The van der Waals surface area contributed by atoms with Gasteiger partial charge in [0.2, 0.25) is 0 Å². The van der Waals surface area contributed by atoms with Gasteiger partial charge in [-0.3, -0.25) is 9.67 Å². The van der Waals surface area contributed by atoms with E-state index in [1.165, 1.54) is 0 Å². The van der Waals surface area contributed by atoms with E-state index in [0.717, 1.165) is 49.7 Å². The number of ether oxygens (including phenoxy) is 1. The molecule has 0 saturated carbocycles. The second kappa shape index (κ2) is 9.65. The van der Waals surface area contributed by atoms with Crippen molar-refractivity contribution in [2.75, 3.05) is 20.1 Å². The highest BCUT2D eigenvalue weighted by molar-refractivity contribution is 14.0. The van der Waals surface area contributed by atoms with Gasteiger partial charge in [0.15, 0.2) is 5.96 Å². The van der Waals surface area contributed by atoms with Gasteiger partial charge in [-0.05, 0) is 12.1 Å². The lowest BCUT2D eigenvalue weighted by atomic mass is 10.1. The van der Waals surface area contributed by atoms with Gasteiger partial charge >= 0.3 is 0 Å². The summed E-state index contributed by atoms with van der Waals surface area (Å²) < 4.78 is 7.86. The summed E-state index contributed by atoms with van der Waals surface area (Å²) in [6, 6.07) is 10.1. The molecule has 1 aliphatic rings. The molecular formula is C18H26IN5O. The van der Waals surface area contributed by atoms with E-state index in [1.54, 1.807) is 0 Å². The van der Waals surface area contributed by atoms with Crippen LogP contribution in [-0.2, 0) is 13.6 Å². The normalized spacial score (nSPS) is 15.6. The van der Waals surface area contributed by atoms with Crippen molar-refractivity contribution in [3.63, 3.8) is 0 Å². The predicted octanol–water partition coefficient (Wildman–Crippen LogP) is 2.66. The van der Waals surface area contributed by atoms with E-state index < -0.39 is 0 Å². The number of aromatic nitrogens is 2. The SMILES string of the molecule is CN=C(NCc1cnn(C)c1)N1CCC(Oc2ccccc2)CC1.I. The lowest BCUT2D eigenvalue weighted by Gasteiger charge is -2.34. The third-order valence-electron chi connectivity index (χ3n) is 4.21. The molecule has 0 atom stereocenters. The quantitative estimate of drug-likeness (QED) is 0.438. The van der Waals surface area contributed by atoms with Gasteiger partial charge in [-0.25, -0.2) is 0 Å². The minimum atomic E-state index is 0. The minimum Gasteiger partial charge on any atom is -0.490 e. The number of piperidine rings is 1. The third kappa shape index (κ3) is 5.62. The Morgan fingerprint density at radius 1 is 1.28 bits per heavy atom. The molecule has 1 saturated heterocycles. The summed E-state index contributed by atoms with van der Waals surface area (Å²) >= 11 is 0. The van der Waals surface area contributed by atoms with Crippen molar-refractivity contribution in [3.05, 3.63) is 48.3 Å². The zero-order valence-corrected chi connectivity index (χ0v) is 17.1. The fourth-order valence-corrected chi connectivity index (χ4v) is 2.95. The fourth-order valence-electron chi connectivity index (χ4n) is 2.95. The number of para-hydroxylation sites is 1. The van der Waals surface area contributed by atoms with E-state index in [1.807, 2.05) is 61.5 Å². The maximum atomic E-state index is 6.05. The van der Waals surface area contributed by atoms with Crippen LogP contribution in [-0.4, -0.2) is 46.9 Å². The summed E-state index contributed by atoms with van der Waals surface area (Å²) in [5.74, 6) is 1.90. The number of aliphatic imine (C=N–C) groups is 1. The Balaban J connectivity index is 0.00000225. The van der Waals surface area contributed by atoms with Crippen molar-refractivity contribution in [1.29, 1.82) is 0 Å². The van der Waals surface area contributed by atoms with Crippen molar-refractivity contribution in [2.24, 2.45) is 12.0 Å². The molecule has 25 heavy (non-hydrogen) atoms. The van der Waals surface area contributed by atoms with Gasteiger partial charge in [0.1, 0.15) is 11.9 Å². The first kappa shape index (κ1) is 19.6. The van der Waals surface area contributed by atoms with Crippen molar-refractivity contribution in [1.82, 2.24) is 20.0 Å². The van der Waals surface area contributed by atoms with E-state index in [2.05, 4.69) is 20.3 Å². The minimum absolute atomic E-state index is 0. The summed E-state index contributed by atoms with van der Waals surface area (Å²) in [4.78, 5) is 6.70. The number of hydrogen-bond acceptors (Lipinski definition) is 3. The second-order valence-electron chi connectivity index (χ2n) is 6.04. The summed E-state index contributed by atoms with van der Waals surface area (Å²) in [5, 5.41) is 7.60. The second-order valence-corrected chi connectivity index (χ2v) is 6.04. The first-order chi connectivity index (χ1) is 11.7. The first-order valence-corrected chi connectivity index (χ1v) is 8.39. The van der Waals surface area contributed by atoms with Crippen LogP contribution in [0.25, 0.3) is 0 Å². The van der Waals surface area contributed by atoms with Crippen LogP contribution in [0.4, 0.5) is 0 Å². The van der Waals surface area contributed by atoms with E-state index in [-0.39, 0.29) is 30.1 Å². The average Bonchev–Trinajstić information content (AvgIpc) is 3.03. The van der Waals surface area contributed by atoms with Gasteiger partial charge in [0, 0.05) is 58.3 Å². The molecule has 1 aromatic heterocycles. The van der Waals surface area contributed by atoms with Crippen LogP contribution in [0.5, 0.6) is 5.75 Å². The number of halogens is 1. The smallest absolute Gasteiger partial charge is 0.193 e. The Labute approximate surface area is 166 Å². The molecule has 1 aliphatic heterocycles. The van der Waals surface area contributed by atoms with Gasteiger partial charge in [-0.2, -0.15) is 5.10 Å². The van der Waals surface area contributed by atoms with Gasteiger partial charge in [-0.15, -0.1) is 24.0 Å². The van der Waals surface area contributed by atoms with Gasteiger partial charge in [0.05, 0.1) is 6.20 Å². The average molecular weight is 455 g/mol. The zero-order valence-electron chi connectivity index (χ0n) is 14.8. The predicted molar refractivity (Wildman–Crippen MR) is 110 cm³/mol. The molecule has 1 N–H and O–H groups in total. The molecule has 1 fully saturated rings.